The van der Waals surface area contributed by atoms with Crippen LogP contribution < -0.4 is 0 Å². The minimum Gasteiger partial charge on any atom is -0.443 e. The highest BCUT2D eigenvalue weighted by atomic mass is 19.1. The van der Waals surface area contributed by atoms with E-state index in [-0.39, 0.29) is 11.7 Å². The number of halogens is 1. The van der Waals surface area contributed by atoms with Crippen LogP contribution in [0.15, 0.2) is 40.9 Å². The zero-order valence-electron chi connectivity index (χ0n) is 18.6. The summed E-state index contributed by atoms with van der Waals surface area (Å²) in [7, 11) is 1.81. The molecule has 1 amide bonds. The first-order valence-electron chi connectivity index (χ1n) is 10.8. The van der Waals surface area contributed by atoms with E-state index in [0.29, 0.717) is 36.2 Å². The van der Waals surface area contributed by atoms with Gasteiger partial charge in [-0.15, -0.1) is 0 Å². The summed E-state index contributed by atoms with van der Waals surface area (Å²) in [6, 6.07) is 8.35. The highest BCUT2D eigenvalue weighted by molar-refractivity contribution is 5.93. The Kier molecular flexibility index (Phi) is 5.69. The molecular weight excluding hydrogens is 395 g/mol. The van der Waals surface area contributed by atoms with Crippen LogP contribution in [0.5, 0.6) is 0 Å². The second-order valence-corrected chi connectivity index (χ2v) is 9.02. The summed E-state index contributed by atoms with van der Waals surface area (Å²) in [6.45, 7) is 6.91. The van der Waals surface area contributed by atoms with Gasteiger partial charge in [-0.3, -0.25) is 9.48 Å². The molecule has 7 heteroatoms. The Morgan fingerprint density at radius 2 is 2.13 bits per heavy atom. The van der Waals surface area contributed by atoms with Gasteiger partial charge in [0.25, 0.3) is 5.91 Å². The zero-order chi connectivity index (χ0) is 22.2. The molecule has 1 aliphatic rings. The molecule has 0 saturated carbocycles. The normalized spacial score (nSPS) is 18.8. The van der Waals surface area contributed by atoms with Crippen LogP contribution in [0.3, 0.4) is 0 Å². The smallest absolute Gasteiger partial charge is 0.273 e. The number of nitrogens with zero attached hydrogens (tertiary/aromatic N) is 4. The molecule has 0 bridgehead atoms. The van der Waals surface area contributed by atoms with Crippen molar-refractivity contribution in [2.45, 2.75) is 52.0 Å². The van der Waals surface area contributed by atoms with E-state index in [1.54, 1.807) is 16.9 Å². The van der Waals surface area contributed by atoms with Crippen molar-refractivity contribution in [3.8, 4) is 0 Å². The van der Waals surface area contributed by atoms with E-state index >= 15 is 0 Å². The minimum absolute atomic E-state index is 0.0603. The number of carbonyl (C=O) groups is 1. The minimum atomic E-state index is -0.625. The summed E-state index contributed by atoms with van der Waals surface area (Å²) in [5.74, 6) is 1.31. The zero-order valence-corrected chi connectivity index (χ0v) is 18.6. The van der Waals surface area contributed by atoms with Crippen LogP contribution in [0.1, 0.15) is 67.0 Å². The fraction of sp³-hybridized carbons (Fsp3) is 0.458. The molecule has 3 heterocycles. The molecule has 164 valence electrons. The topological polar surface area (TPSA) is 64.2 Å². The van der Waals surface area contributed by atoms with E-state index in [2.05, 4.69) is 23.9 Å². The van der Waals surface area contributed by atoms with Gasteiger partial charge in [0.15, 0.2) is 0 Å². The lowest BCUT2D eigenvalue weighted by Gasteiger charge is -2.32. The van der Waals surface area contributed by atoms with E-state index in [1.807, 2.05) is 31.0 Å². The second kappa shape index (κ2) is 8.29. The summed E-state index contributed by atoms with van der Waals surface area (Å²) in [4.78, 5) is 19.8. The van der Waals surface area contributed by atoms with Crippen LogP contribution in [0.25, 0.3) is 0 Å². The maximum Gasteiger partial charge on any atom is 0.273 e. The molecule has 31 heavy (non-hydrogen) atoms. The van der Waals surface area contributed by atoms with E-state index < -0.39 is 5.54 Å². The van der Waals surface area contributed by atoms with Gasteiger partial charge in [0.1, 0.15) is 22.8 Å². The predicted octanol–water partition coefficient (Wildman–Crippen LogP) is 4.49. The molecule has 0 spiro atoms. The summed E-state index contributed by atoms with van der Waals surface area (Å²) < 4.78 is 21.2. The van der Waals surface area contributed by atoms with Crippen molar-refractivity contribution in [3.05, 3.63) is 70.9 Å². The monoisotopic (exact) mass is 424 g/mol. The number of benzene rings is 1. The van der Waals surface area contributed by atoms with Gasteiger partial charge in [-0.2, -0.15) is 5.10 Å². The Morgan fingerprint density at radius 1 is 1.32 bits per heavy atom. The molecule has 0 aliphatic carbocycles. The average Bonchev–Trinajstić information content (AvgIpc) is 3.40. The van der Waals surface area contributed by atoms with Gasteiger partial charge >= 0.3 is 0 Å². The molecule has 1 saturated heterocycles. The Hall–Kier alpha value is -2.96. The van der Waals surface area contributed by atoms with Crippen molar-refractivity contribution in [2.75, 3.05) is 6.54 Å². The van der Waals surface area contributed by atoms with Crippen LogP contribution in [-0.4, -0.2) is 32.1 Å². The van der Waals surface area contributed by atoms with Crippen molar-refractivity contribution < 1.29 is 13.6 Å². The molecule has 3 aromatic rings. The molecule has 0 unspecified atom stereocenters. The lowest BCUT2D eigenvalue weighted by molar-refractivity contribution is 0.0552. The van der Waals surface area contributed by atoms with Crippen LogP contribution in [0.4, 0.5) is 4.39 Å². The standard InChI is InChI=1S/C24H29FN4O2/c1-16(2)11-19-14-21(28(4)27-19)22(30)29-10-6-9-24(29,3)23-26-15-20(31-23)13-17-7-5-8-18(25)12-17/h5,7-8,12,14-16H,6,9-11,13H2,1-4H3/t24-/m0/s1. The lowest BCUT2D eigenvalue weighted by atomic mass is 9.98. The number of likely N-dealkylation sites (tertiary alicyclic amines) is 1. The highest BCUT2D eigenvalue weighted by Crippen LogP contribution is 2.39. The first-order valence-corrected chi connectivity index (χ1v) is 10.8. The third-order valence-corrected chi connectivity index (χ3v) is 5.93. The van der Waals surface area contributed by atoms with Gasteiger partial charge in [-0.05, 0) is 55.9 Å². The van der Waals surface area contributed by atoms with Crippen molar-refractivity contribution in [2.24, 2.45) is 13.0 Å². The van der Waals surface area contributed by atoms with Gasteiger partial charge in [0, 0.05) is 20.0 Å². The molecule has 2 aromatic heterocycles. The van der Waals surface area contributed by atoms with E-state index in [1.165, 1.54) is 12.1 Å². The average molecular weight is 425 g/mol. The predicted molar refractivity (Wildman–Crippen MR) is 115 cm³/mol. The largest absolute Gasteiger partial charge is 0.443 e. The third-order valence-electron chi connectivity index (χ3n) is 5.93. The molecule has 0 radical (unpaired) electrons. The van der Waals surface area contributed by atoms with Crippen LogP contribution in [0, 0.1) is 11.7 Å². The Bertz CT molecular complexity index is 1090. The number of oxazole rings is 1. The lowest BCUT2D eigenvalue weighted by Crippen LogP contribution is -2.43. The maximum atomic E-state index is 13.5. The molecule has 1 aliphatic heterocycles. The molecule has 1 atom stereocenters. The van der Waals surface area contributed by atoms with E-state index in [0.717, 1.165) is 30.5 Å². The Labute approximate surface area is 182 Å². The summed E-state index contributed by atoms with van der Waals surface area (Å²) in [6.07, 6.45) is 4.61. The summed E-state index contributed by atoms with van der Waals surface area (Å²) in [5, 5.41) is 4.52. The molecule has 6 nitrogen and oxygen atoms in total. The van der Waals surface area contributed by atoms with Gasteiger partial charge in [0.05, 0.1) is 11.9 Å². The number of aromatic nitrogens is 3. The first-order chi connectivity index (χ1) is 14.8. The molecule has 0 N–H and O–H groups in total. The van der Waals surface area contributed by atoms with Gasteiger partial charge in [-0.1, -0.05) is 26.0 Å². The summed E-state index contributed by atoms with van der Waals surface area (Å²) >= 11 is 0. The van der Waals surface area contributed by atoms with Gasteiger partial charge < -0.3 is 9.32 Å². The number of hydrogen-bond acceptors (Lipinski definition) is 4. The number of aryl methyl sites for hydroxylation is 1. The molecule has 4 rings (SSSR count). The van der Waals surface area contributed by atoms with Crippen molar-refractivity contribution in [3.63, 3.8) is 0 Å². The Morgan fingerprint density at radius 3 is 2.87 bits per heavy atom. The quantitative estimate of drug-likeness (QED) is 0.585. The van der Waals surface area contributed by atoms with Crippen molar-refractivity contribution in [1.82, 2.24) is 19.7 Å². The van der Waals surface area contributed by atoms with Crippen LogP contribution in [-0.2, 0) is 25.4 Å². The molecular formula is C24H29FN4O2. The number of hydrogen-bond donors (Lipinski definition) is 0. The van der Waals surface area contributed by atoms with Crippen LogP contribution in [0.2, 0.25) is 0 Å². The fourth-order valence-corrected chi connectivity index (χ4v) is 4.38. The molecule has 1 fully saturated rings. The third kappa shape index (κ3) is 4.27. The molecule has 1 aromatic carbocycles. The van der Waals surface area contributed by atoms with Gasteiger partial charge in [-0.25, -0.2) is 9.37 Å². The van der Waals surface area contributed by atoms with Gasteiger partial charge in [0.2, 0.25) is 5.89 Å². The Balaban J connectivity index is 1.56. The van der Waals surface area contributed by atoms with E-state index in [9.17, 15) is 9.18 Å². The number of carbonyl (C=O) groups excluding carboxylic acids is 1. The maximum absolute atomic E-state index is 13.5. The second-order valence-electron chi connectivity index (χ2n) is 9.02. The van der Waals surface area contributed by atoms with Crippen LogP contribution >= 0.6 is 0 Å². The first kappa shape index (κ1) is 21.3. The number of amides is 1. The summed E-state index contributed by atoms with van der Waals surface area (Å²) in [5.41, 5.74) is 1.70. The highest BCUT2D eigenvalue weighted by Gasteiger charge is 2.45. The number of rotatable bonds is 6. The van der Waals surface area contributed by atoms with E-state index in [4.69, 9.17) is 4.42 Å². The van der Waals surface area contributed by atoms with Crippen molar-refractivity contribution in [1.29, 1.82) is 0 Å². The SMILES string of the molecule is CC(C)Cc1cc(C(=O)N2CCC[C@@]2(C)c2ncc(Cc3cccc(F)c3)o2)n(C)n1. The fourth-order valence-electron chi connectivity index (χ4n) is 4.38. The van der Waals surface area contributed by atoms with Crippen molar-refractivity contribution >= 4 is 5.91 Å².